The van der Waals surface area contributed by atoms with Gasteiger partial charge in [-0.15, -0.1) is 0 Å². The summed E-state index contributed by atoms with van der Waals surface area (Å²) in [6.07, 6.45) is 9.05. The number of rotatable bonds is 10. The monoisotopic (exact) mass is 500 g/mol. The molecule has 0 amide bonds. The van der Waals surface area contributed by atoms with Gasteiger partial charge in [-0.05, 0) is 130 Å². The van der Waals surface area contributed by atoms with Crippen molar-refractivity contribution in [2.24, 2.45) is 11.8 Å². The maximum Gasteiger partial charge on any atom is 0.162 e. The van der Waals surface area contributed by atoms with Crippen molar-refractivity contribution in [3.63, 3.8) is 0 Å². The Kier molecular flexibility index (Phi) is 8.56. The average molecular weight is 501 g/mol. The van der Waals surface area contributed by atoms with Gasteiger partial charge in [0.15, 0.2) is 11.6 Å². The third-order valence-electron chi connectivity index (χ3n) is 9.03. The van der Waals surface area contributed by atoms with E-state index < -0.39 is 0 Å². The summed E-state index contributed by atoms with van der Waals surface area (Å²) in [5.74, 6) is 2.19. The maximum absolute atomic E-state index is 12.9. The van der Waals surface area contributed by atoms with Crippen LogP contribution in [0.1, 0.15) is 97.1 Å². The minimum atomic E-state index is 0.253. The molecule has 0 saturated carbocycles. The second-order valence-electron chi connectivity index (χ2n) is 12.0. The molecule has 1 aliphatic carbocycles. The van der Waals surface area contributed by atoms with Crippen LogP contribution in [-0.4, -0.2) is 60.6 Å². The fraction of sp³-hybridized carbons (Fsp3) is 0.576. The predicted octanol–water partition coefficient (Wildman–Crippen LogP) is 6.65. The van der Waals surface area contributed by atoms with Gasteiger partial charge in [0.2, 0.25) is 0 Å². The van der Waals surface area contributed by atoms with E-state index in [-0.39, 0.29) is 11.6 Å². The summed E-state index contributed by atoms with van der Waals surface area (Å²) in [6.45, 7) is 11.4. The van der Waals surface area contributed by atoms with Crippen molar-refractivity contribution < 1.29 is 9.59 Å². The second kappa shape index (κ2) is 12.0. The zero-order valence-electron chi connectivity index (χ0n) is 22.9. The number of fused-ring (bicyclic) bond motifs is 3. The van der Waals surface area contributed by atoms with Crippen molar-refractivity contribution in [2.45, 2.75) is 71.6 Å². The lowest BCUT2D eigenvalue weighted by molar-refractivity contribution is 0.0963. The van der Waals surface area contributed by atoms with Crippen LogP contribution < -0.4 is 0 Å². The van der Waals surface area contributed by atoms with E-state index >= 15 is 0 Å². The molecule has 5 rings (SSSR count). The molecule has 3 aliphatic rings. The first-order valence-electron chi connectivity index (χ1n) is 14.7. The summed E-state index contributed by atoms with van der Waals surface area (Å²) >= 11 is 0. The summed E-state index contributed by atoms with van der Waals surface area (Å²) in [6, 6.07) is 12.4. The molecular formula is C33H44N2O2. The maximum atomic E-state index is 12.9. The number of nitrogens with zero attached hydrogens (tertiary/aromatic N) is 2. The molecule has 0 atom stereocenters. The molecule has 2 saturated heterocycles. The molecule has 2 heterocycles. The molecule has 4 nitrogen and oxygen atoms in total. The lowest BCUT2D eigenvalue weighted by Crippen LogP contribution is -2.33. The first-order chi connectivity index (χ1) is 18.0. The van der Waals surface area contributed by atoms with Crippen LogP contribution in [0.25, 0.3) is 11.1 Å². The van der Waals surface area contributed by atoms with Crippen LogP contribution in [-0.2, 0) is 6.42 Å². The Morgan fingerprint density at radius 1 is 0.676 bits per heavy atom. The highest BCUT2D eigenvalue weighted by Crippen LogP contribution is 2.38. The van der Waals surface area contributed by atoms with Crippen LogP contribution in [0, 0.1) is 11.8 Å². The predicted molar refractivity (Wildman–Crippen MR) is 151 cm³/mol. The van der Waals surface area contributed by atoms with E-state index in [4.69, 9.17) is 0 Å². The molecule has 198 valence electrons. The minimum absolute atomic E-state index is 0.253. The molecule has 2 aromatic rings. The largest absolute Gasteiger partial charge is 0.303 e. The van der Waals surface area contributed by atoms with E-state index in [0.29, 0.717) is 12.8 Å². The molecular weight excluding hydrogens is 456 g/mol. The lowest BCUT2D eigenvalue weighted by Gasteiger charge is -2.30. The molecule has 0 bridgehead atoms. The molecule has 4 heteroatoms. The smallest absolute Gasteiger partial charge is 0.162 e. The second-order valence-corrected chi connectivity index (χ2v) is 12.0. The molecule has 0 unspecified atom stereocenters. The molecule has 0 spiro atoms. The van der Waals surface area contributed by atoms with Gasteiger partial charge >= 0.3 is 0 Å². The number of Topliss-reactive ketones (excluding diaryl/α,β-unsaturated/α-hetero) is 2. The van der Waals surface area contributed by atoms with Crippen molar-refractivity contribution in [3.05, 3.63) is 58.7 Å². The Labute approximate surface area is 223 Å². The van der Waals surface area contributed by atoms with Gasteiger partial charge in [-0.25, -0.2) is 0 Å². The van der Waals surface area contributed by atoms with Gasteiger partial charge < -0.3 is 9.80 Å². The number of hydrogen-bond donors (Lipinski definition) is 0. The number of hydrogen-bond acceptors (Lipinski definition) is 4. The van der Waals surface area contributed by atoms with Gasteiger partial charge in [0.25, 0.3) is 0 Å². The average Bonchev–Trinajstić information content (AvgIpc) is 3.28. The van der Waals surface area contributed by atoms with Crippen LogP contribution in [0.4, 0.5) is 0 Å². The summed E-state index contributed by atoms with van der Waals surface area (Å²) < 4.78 is 0. The number of benzene rings is 2. The van der Waals surface area contributed by atoms with Gasteiger partial charge in [0, 0.05) is 24.0 Å². The molecule has 0 N–H and O–H groups in total. The van der Waals surface area contributed by atoms with Crippen molar-refractivity contribution in [2.75, 3.05) is 39.3 Å². The van der Waals surface area contributed by atoms with Crippen LogP contribution in [0.3, 0.4) is 0 Å². The summed E-state index contributed by atoms with van der Waals surface area (Å²) in [7, 11) is 0. The van der Waals surface area contributed by atoms with E-state index in [2.05, 4.69) is 47.9 Å². The van der Waals surface area contributed by atoms with Crippen molar-refractivity contribution in [1.82, 2.24) is 9.80 Å². The van der Waals surface area contributed by atoms with Gasteiger partial charge in [0.05, 0.1) is 0 Å². The van der Waals surface area contributed by atoms with Crippen LogP contribution in [0.5, 0.6) is 0 Å². The van der Waals surface area contributed by atoms with Crippen molar-refractivity contribution in [1.29, 1.82) is 0 Å². The van der Waals surface area contributed by atoms with Gasteiger partial charge in [-0.2, -0.15) is 0 Å². The van der Waals surface area contributed by atoms with E-state index in [9.17, 15) is 9.59 Å². The Morgan fingerprint density at radius 2 is 1.08 bits per heavy atom. The third kappa shape index (κ3) is 6.59. The zero-order chi connectivity index (χ0) is 25.8. The first-order valence-corrected chi connectivity index (χ1v) is 14.7. The number of piperidine rings is 2. The number of carbonyl (C=O) groups is 2. The molecule has 0 aromatic heterocycles. The topological polar surface area (TPSA) is 40.6 Å². The SMILES string of the molecule is CC1CCN(CCCC(=O)c2ccc3c(c2)Cc2cc(C(=O)CCCN4CCC(C)CC4)ccc2-3)CC1. The summed E-state index contributed by atoms with van der Waals surface area (Å²) in [4.78, 5) is 30.9. The van der Waals surface area contributed by atoms with E-state index in [1.165, 1.54) is 74.1 Å². The van der Waals surface area contributed by atoms with Crippen molar-refractivity contribution in [3.8, 4) is 11.1 Å². The van der Waals surface area contributed by atoms with Gasteiger partial charge in [0.1, 0.15) is 0 Å². The standard InChI is InChI=1S/C33H44N2O2/c1-24-11-17-34(18-12-24)15-3-5-32(36)26-7-9-30-28(21-26)23-29-22-27(8-10-31(29)30)33(37)6-4-16-35-19-13-25(2)14-20-35/h7-10,21-22,24-25H,3-6,11-20,23H2,1-2H3. The summed E-state index contributed by atoms with van der Waals surface area (Å²) in [5.41, 5.74) is 6.54. The van der Waals surface area contributed by atoms with Crippen LogP contribution in [0.2, 0.25) is 0 Å². The Hall–Kier alpha value is -2.30. The Bertz CT molecular complexity index is 1020. The quantitative estimate of drug-likeness (QED) is 0.292. The normalized spacial score (nSPS) is 19.1. The van der Waals surface area contributed by atoms with E-state index in [1.807, 2.05) is 12.1 Å². The van der Waals surface area contributed by atoms with Gasteiger partial charge in [-0.3, -0.25) is 9.59 Å². The highest BCUT2D eigenvalue weighted by molar-refractivity contribution is 5.99. The fourth-order valence-corrected chi connectivity index (χ4v) is 6.34. The first kappa shape index (κ1) is 26.3. The molecule has 37 heavy (non-hydrogen) atoms. The zero-order valence-corrected chi connectivity index (χ0v) is 22.9. The Morgan fingerprint density at radius 3 is 1.49 bits per heavy atom. The minimum Gasteiger partial charge on any atom is -0.303 e. The van der Waals surface area contributed by atoms with E-state index in [0.717, 1.165) is 55.3 Å². The molecule has 0 radical (unpaired) electrons. The van der Waals surface area contributed by atoms with Crippen LogP contribution in [0.15, 0.2) is 36.4 Å². The molecule has 2 aliphatic heterocycles. The van der Waals surface area contributed by atoms with Crippen LogP contribution >= 0.6 is 0 Å². The van der Waals surface area contributed by atoms with Crippen molar-refractivity contribution >= 4 is 11.6 Å². The lowest BCUT2D eigenvalue weighted by atomic mass is 9.97. The highest BCUT2D eigenvalue weighted by atomic mass is 16.1. The fourth-order valence-electron chi connectivity index (χ4n) is 6.34. The number of ketones is 2. The number of carbonyl (C=O) groups excluding carboxylic acids is 2. The van der Waals surface area contributed by atoms with E-state index in [1.54, 1.807) is 0 Å². The Balaban J connectivity index is 1.12. The molecule has 2 fully saturated rings. The third-order valence-corrected chi connectivity index (χ3v) is 9.03. The van der Waals surface area contributed by atoms with Gasteiger partial charge in [-0.1, -0.05) is 38.1 Å². The number of likely N-dealkylation sites (tertiary alicyclic amines) is 2. The highest BCUT2D eigenvalue weighted by Gasteiger charge is 2.22. The molecule has 2 aromatic carbocycles. The summed E-state index contributed by atoms with van der Waals surface area (Å²) in [5, 5.41) is 0.